The van der Waals surface area contributed by atoms with Crippen LogP contribution in [0.15, 0.2) is 0 Å². The molecule has 1 heterocycles. The van der Waals surface area contributed by atoms with Crippen molar-refractivity contribution in [2.45, 2.75) is 77.8 Å². The van der Waals surface area contributed by atoms with Gasteiger partial charge in [-0.25, -0.2) is 0 Å². The van der Waals surface area contributed by atoms with Crippen LogP contribution in [0.5, 0.6) is 0 Å². The number of rotatable bonds is 5. The fraction of sp³-hybridized carbons (Fsp3) is 0.895. The summed E-state index contributed by atoms with van der Waals surface area (Å²) in [6.45, 7) is 10.4. The van der Waals surface area contributed by atoms with E-state index in [1.165, 1.54) is 0 Å². The number of carbonyl (C=O) groups is 2. The summed E-state index contributed by atoms with van der Waals surface area (Å²) >= 11 is 0. The van der Waals surface area contributed by atoms with Gasteiger partial charge in [-0.05, 0) is 32.6 Å². The van der Waals surface area contributed by atoms with Crippen LogP contribution in [0.1, 0.15) is 60.3 Å². The molecule has 1 saturated carbocycles. The maximum Gasteiger partial charge on any atom is 0.306 e. The third-order valence-corrected chi connectivity index (χ3v) is 5.04. The number of ether oxygens (including phenoxy) is 3. The van der Waals surface area contributed by atoms with E-state index in [-0.39, 0.29) is 30.0 Å². The zero-order chi connectivity index (χ0) is 18.8. The number of esters is 1. The molecule has 3 atom stereocenters. The number of Topliss-reactive ketones (excluding diaryl/α,β-unsaturated/α-hetero) is 1. The Hall–Kier alpha value is -0.980. The van der Waals surface area contributed by atoms with Gasteiger partial charge in [0.25, 0.3) is 0 Å². The number of aliphatic hydroxyl groups is 1. The molecule has 1 spiro atoms. The Kier molecular flexibility index (Phi) is 6.28. The lowest BCUT2D eigenvalue weighted by atomic mass is 9.73. The summed E-state index contributed by atoms with van der Waals surface area (Å²) in [6.07, 6.45) is 0.399. The molecule has 0 aromatic carbocycles. The predicted molar refractivity (Wildman–Crippen MR) is 91.8 cm³/mol. The summed E-state index contributed by atoms with van der Waals surface area (Å²) in [7, 11) is 0. The second-order valence-electron chi connectivity index (χ2n) is 8.57. The number of hydrogen-bond donors (Lipinski definition) is 1. The van der Waals surface area contributed by atoms with E-state index in [9.17, 15) is 14.7 Å². The molecule has 0 aromatic heterocycles. The topological polar surface area (TPSA) is 82.1 Å². The van der Waals surface area contributed by atoms with E-state index in [1.54, 1.807) is 0 Å². The van der Waals surface area contributed by atoms with Gasteiger partial charge < -0.3 is 19.3 Å². The van der Waals surface area contributed by atoms with E-state index in [0.29, 0.717) is 32.5 Å². The van der Waals surface area contributed by atoms with Gasteiger partial charge in [0.1, 0.15) is 11.4 Å². The van der Waals surface area contributed by atoms with E-state index in [1.807, 2.05) is 34.6 Å². The summed E-state index contributed by atoms with van der Waals surface area (Å²) in [5.41, 5.74) is -0.570. The highest BCUT2D eigenvalue weighted by molar-refractivity contribution is 5.82. The molecule has 144 valence electrons. The van der Waals surface area contributed by atoms with Crippen LogP contribution in [0.3, 0.4) is 0 Å². The molecule has 2 aliphatic rings. The van der Waals surface area contributed by atoms with Crippen LogP contribution in [-0.2, 0) is 23.8 Å². The third-order valence-electron chi connectivity index (χ3n) is 5.04. The van der Waals surface area contributed by atoms with Gasteiger partial charge in [0.05, 0.1) is 25.7 Å². The fourth-order valence-electron chi connectivity index (χ4n) is 3.75. The van der Waals surface area contributed by atoms with Crippen LogP contribution in [0, 0.1) is 17.8 Å². The lowest BCUT2D eigenvalue weighted by Crippen LogP contribution is -2.47. The minimum Gasteiger partial charge on any atom is -0.460 e. The lowest BCUT2D eigenvalue weighted by Gasteiger charge is -2.40. The van der Waals surface area contributed by atoms with Crippen molar-refractivity contribution in [3.63, 3.8) is 0 Å². The maximum atomic E-state index is 12.4. The van der Waals surface area contributed by atoms with E-state index in [4.69, 9.17) is 14.2 Å². The molecule has 0 amide bonds. The highest BCUT2D eigenvalue weighted by atomic mass is 16.7. The average molecular weight is 356 g/mol. The van der Waals surface area contributed by atoms with E-state index in [0.717, 1.165) is 0 Å². The third kappa shape index (κ3) is 5.25. The normalized spacial score (nSPS) is 26.0. The number of ketones is 1. The monoisotopic (exact) mass is 356 g/mol. The average Bonchev–Trinajstić information content (AvgIpc) is 2.93. The standard InChI is InChI=1S/C19H32O6/c1-12(2)13(10-16(21)25-18(3,4)5)17(22)14-11-19(7-6-15(14)20)23-8-9-24-19/h12-14,17,22H,6-11H2,1-5H3. The quantitative estimate of drug-likeness (QED) is 0.762. The first-order valence-electron chi connectivity index (χ1n) is 9.23. The molecule has 1 N–H and O–H groups in total. The molecule has 1 saturated heterocycles. The lowest BCUT2D eigenvalue weighted by molar-refractivity contribution is -0.199. The molecular weight excluding hydrogens is 324 g/mol. The minimum absolute atomic E-state index is 0.0204. The highest BCUT2D eigenvalue weighted by Gasteiger charge is 2.48. The van der Waals surface area contributed by atoms with E-state index in [2.05, 4.69) is 0 Å². The van der Waals surface area contributed by atoms with Crippen molar-refractivity contribution in [1.82, 2.24) is 0 Å². The molecule has 2 rings (SSSR count). The summed E-state index contributed by atoms with van der Waals surface area (Å²) in [4.78, 5) is 24.7. The first kappa shape index (κ1) is 20.3. The van der Waals surface area contributed by atoms with Crippen molar-refractivity contribution in [2.75, 3.05) is 13.2 Å². The second-order valence-corrected chi connectivity index (χ2v) is 8.57. The Morgan fingerprint density at radius 1 is 1.32 bits per heavy atom. The van der Waals surface area contributed by atoms with Crippen molar-refractivity contribution < 1.29 is 28.9 Å². The van der Waals surface area contributed by atoms with Crippen LogP contribution in [0.2, 0.25) is 0 Å². The van der Waals surface area contributed by atoms with Crippen LogP contribution in [0.25, 0.3) is 0 Å². The Morgan fingerprint density at radius 2 is 1.92 bits per heavy atom. The van der Waals surface area contributed by atoms with Crippen molar-refractivity contribution in [1.29, 1.82) is 0 Å². The van der Waals surface area contributed by atoms with Crippen LogP contribution in [0.4, 0.5) is 0 Å². The Bertz CT molecular complexity index is 487. The predicted octanol–water partition coefficient (Wildman–Crippen LogP) is 2.46. The van der Waals surface area contributed by atoms with Gasteiger partial charge >= 0.3 is 5.97 Å². The molecule has 3 unspecified atom stereocenters. The van der Waals surface area contributed by atoms with Crippen molar-refractivity contribution >= 4 is 11.8 Å². The van der Waals surface area contributed by atoms with Gasteiger partial charge in [-0.3, -0.25) is 9.59 Å². The van der Waals surface area contributed by atoms with Crippen LogP contribution in [-0.4, -0.2) is 47.6 Å². The number of hydrogen-bond acceptors (Lipinski definition) is 6. The van der Waals surface area contributed by atoms with Gasteiger partial charge in [-0.1, -0.05) is 13.8 Å². The van der Waals surface area contributed by atoms with Gasteiger partial charge in [-0.2, -0.15) is 0 Å². The van der Waals surface area contributed by atoms with E-state index < -0.39 is 23.4 Å². The summed E-state index contributed by atoms with van der Waals surface area (Å²) < 4.78 is 16.8. The summed E-state index contributed by atoms with van der Waals surface area (Å²) in [6, 6.07) is 0. The molecule has 0 aromatic rings. The fourth-order valence-corrected chi connectivity index (χ4v) is 3.75. The molecule has 2 fully saturated rings. The molecule has 0 bridgehead atoms. The van der Waals surface area contributed by atoms with Crippen molar-refractivity contribution in [3.05, 3.63) is 0 Å². The Morgan fingerprint density at radius 3 is 2.44 bits per heavy atom. The SMILES string of the molecule is CC(C)C(CC(=O)OC(C)(C)C)C(O)C1CC2(CCC1=O)OCCO2. The van der Waals surface area contributed by atoms with Crippen LogP contribution >= 0.6 is 0 Å². The first-order chi connectivity index (χ1) is 11.5. The summed E-state index contributed by atoms with van der Waals surface area (Å²) in [5.74, 6) is -1.95. The number of carbonyl (C=O) groups excluding carboxylic acids is 2. The Balaban J connectivity index is 2.08. The molecule has 6 heteroatoms. The van der Waals surface area contributed by atoms with Crippen LogP contribution < -0.4 is 0 Å². The molecular formula is C19H32O6. The van der Waals surface area contributed by atoms with Gasteiger partial charge in [0.15, 0.2) is 5.79 Å². The minimum atomic E-state index is -0.912. The molecule has 25 heavy (non-hydrogen) atoms. The zero-order valence-corrected chi connectivity index (χ0v) is 16.0. The van der Waals surface area contributed by atoms with Gasteiger partial charge in [0.2, 0.25) is 0 Å². The molecule has 1 aliphatic carbocycles. The van der Waals surface area contributed by atoms with Gasteiger partial charge in [0, 0.05) is 25.2 Å². The van der Waals surface area contributed by atoms with E-state index >= 15 is 0 Å². The van der Waals surface area contributed by atoms with Crippen molar-refractivity contribution in [3.8, 4) is 0 Å². The smallest absolute Gasteiger partial charge is 0.306 e. The first-order valence-corrected chi connectivity index (χ1v) is 9.23. The molecule has 6 nitrogen and oxygen atoms in total. The highest BCUT2D eigenvalue weighted by Crippen LogP contribution is 2.41. The largest absolute Gasteiger partial charge is 0.460 e. The summed E-state index contributed by atoms with van der Waals surface area (Å²) in [5, 5.41) is 10.9. The maximum absolute atomic E-state index is 12.4. The number of aliphatic hydroxyl groups excluding tert-OH is 1. The van der Waals surface area contributed by atoms with Gasteiger partial charge in [-0.15, -0.1) is 0 Å². The molecule has 1 aliphatic heterocycles. The Labute approximate surface area is 150 Å². The second kappa shape index (κ2) is 7.72. The zero-order valence-electron chi connectivity index (χ0n) is 16.0. The molecule has 0 radical (unpaired) electrons. The van der Waals surface area contributed by atoms with Crippen molar-refractivity contribution in [2.24, 2.45) is 17.8 Å².